The van der Waals surface area contributed by atoms with Crippen LogP contribution in [0.5, 0.6) is 5.75 Å². The van der Waals surface area contributed by atoms with Crippen molar-refractivity contribution in [2.24, 2.45) is 0 Å². The summed E-state index contributed by atoms with van der Waals surface area (Å²) in [6.45, 7) is 2.01. The van der Waals surface area contributed by atoms with Crippen LogP contribution in [0.4, 0.5) is 10.1 Å². The topological polar surface area (TPSA) is 107 Å². The first kappa shape index (κ1) is 23.5. The monoisotopic (exact) mass is 506 g/mol. The van der Waals surface area contributed by atoms with Gasteiger partial charge >= 0.3 is 5.76 Å². The molecule has 0 atom stereocenters. The van der Waals surface area contributed by atoms with Crippen LogP contribution in [0.1, 0.15) is 42.9 Å². The summed E-state index contributed by atoms with van der Waals surface area (Å²) < 4.78 is 36.8. The van der Waals surface area contributed by atoms with Crippen LogP contribution in [0.25, 0.3) is 22.6 Å². The lowest BCUT2D eigenvalue weighted by molar-refractivity contribution is 0.0246. The Morgan fingerprint density at radius 1 is 1.05 bits per heavy atom. The third-order valence-electron chi connectivity index (χ3n) is 7.05. The lowest BCUT2D eigenvalue weighted by atomic mass is 10.0. The minimum Gasteiger partial charge on any atom is -0.496 e. The molecule has 6 rings (SSSR count). The van der Waals surface area contributed by atoms with Crippen LogP contribution >= 0.6 is 0 Å². The Kier molecular flexibility index (Phi) is 6.25. The van der Waals surface area contributed by atoms with E-state index < -0.39 is 11.6 Å². The molecule has 2 aromatic carbocycles. The van der Waals surface area contributed by atoms with Gasteiger partial charge in [-0.05, 0) is 62.1 Å². The Balaban J connectivity index is 1.12. The first-order valence-electron chi connectivity index (χ1n) is 12.4. The number of halogens is 1. The van der Waals surface area contributed by atoms with Crippen LogP contribution in [-0.2, 0) is 11.3 Å². The molecular formula is C27H27FN4O5. The first-order chi connectivity index (χ1) is 18.1. The van der Waals surface area contributed by atoms with Gasteiger partial charge in [-0.15, -0.1) is 0 Å². The maximum atomic E-state index is 14.8. The SMILES string of the molecule is COc1cccc(F)c1-c1noc(C2CC2)c1COC1CCN(c2ccc(-c3noc(=O)[nH]3)cc2)CC1. The number of hydrogen-bond acceptors (Lipinski definition) is 8. The smallest absolute Gasteiger partial charge is 0.439 e. The molecule has 192 valence electrons. The Morgan fingerprint density at radius 3 is 2.51 bits per heavy atom. The quantitative estimate of drug-likeness (QED) is 0.360. The number of methoxy groups -OCH3 is 1. The fraction of sp³-hybridized carbons (Fsp3) is 0.370. The number of benzene rings is 2. The second-order valence-electron chi connectivity index (χ2n) is 9.45. The summed E-state index contributed by atoms with van der Waals surface area (Å²) in [7, 11) is 1.52. The molecule has 2 aromatic heterocycles. The van der Waals surface area contributed by atoms with E-state index in [1.807, 2.05) is 24.3 Å². The highest BCUT2D eigenvalue weighted by Crippen LogP contribution is 2.46. The highest BCUT2D eigenvalue weighted by Gasteiger charge is 2.34. The number of piperidine rings is 1. The number of aromatic nitrogens is 3. The Morgan fingerprint density at radius 2 is 1.84 bits per heavy atom. The zero-order chi connectivity index (χ0) is 25.4. The van der Waals surface area contributed by atoms with Crippen LogP contribution in [0.2, 0.25) is 0 Å². The minimum atomic E-state index is -0.572. The molecule has 1 N–H and O–H groups in total. The number of aromatic amines is 1. The number of ether oxygens (including phenoxy) is 2. The molecule has 2 fully saturated rings. The molecular weight excluding hydrogens is 479 g/mol. The summed E-state index contributed by atoms with van der Waals surface area (Å²) in [5, 5.41) is 7.98. The van der Waals surface area contributed by atoms with Crippen molar-refractivity contribution in [3.05, 3.63) is 70.2 Å². The predicted molar refractivity (Wildman–Crippen MR) is 133 cm³/mol. The number of H-pyrrole nitrogens is 1. The molecule has 0 spiro atoms. The molecule has 2 aliphatic rings. The van der Waals surface area contributed by atoms with Gasteiger partial charge in [-0.25, -0.2) is 9.18 Å². The minimum absolute atomic E-state index is 0.0769. The van der Waals surface area contributed by atoms with E-state index in [1.54, 1.807) is 12.1 Å². The summed E-state index contributed by atoms with van der Waals surface area (Å²) in [4.78, 5) is 16.1. The molecule has 9 nitrogen and oxygen atoms in total. The first-order valence-corrected chi connectivity index (χ1v) is 12.4. The van der Waals surface area contributed by atoms with Gasteiger partial charge in [0, 0.05) is 35.8 Å². The van der Waals surface area contributed by atoms with E-state index in [4.69, 9.17) is 14.0 Å². The standard InChI is InChI=1S/C27H27FN4O5/c1-34-22-4-2-3-21(28)23(22)24-20(25(36-30-24)16-5-6-16)15-35-19-11-13-32(14-12-19)18-9-7-17(8-10-18)26-29-27(33)37-31-26/h2-4,7-10,16,19H,5-6,11-15H2,1H3,(H,29,31,33). The third kappa shape index (κ3) is 4.76. The average molecular weight is 507 g/mol. The Hall–Kier alpha value is -3.92. The van der Waals surface area contributed by atoms with Crippen LogP contribution in [0.3, 0.4) is 0 Å². The largest absolute Gasteiger partial charge is 0.496 e. The van der Waals surface area contributed by atoms with Crippen molar-refractivity contribution >= 4 is 5.69 Å². The van der Waals surface area contributed by atoms with Crippen molar-refractivity contribution in [3.63, 3.8) is 0 Å². The maximum absolute atomic E-state index is 14.8. The molecule has 0 amide bonds. The van der Waals surface area contributed by atoms with E-state index in [0.29, 0.717) is 35.4 Å². The second-order valence-corrected chi connectivity index (χ2v) is 9.45. The van der Waals surface area contributed by atoms with Gasteiger partial charge in [-0.2, -0.15) is 0 Å². The summed E-state index contributed by atoms with van der Waals surface area (Å²) in [6, 6.07) is 12.6. The fourth-order valence-electron chi connectivity index (χ4n) is 4.89. The number of anilines is 1. The van der Waals surface area contributed by atoms with E-state index in [1.165, 1.54) is 13.2 Å². The third-order valence-corrected chi connectivity index (χ3v) is 7.05. The highest BCUT2D eigenvalue weighted by molar-refractivity contribution is 5.71. The molecule has 1 aliphatic heterocycles. The van der Waals surface area contributed by atoms with Crippen molar-refractivity contribution < 1.29 is 22.9 Å². The number of rotatable bonds is 8. The zero-order valence-electron chi connectivity index (χ0n) is 20.4. The average Bonchev–Trinajstić information content (AvgIpc) is 3.55. The van der Waals surface area contributed by atoms with Crippen LogP contribution in [0, 0.1) is 5.82 Å². The van der Waals surface area contributed by atoms with Crippen molar-refractivity contribution in [1.82, 2.24) is 15.3 Å². The van der Waals surface area contributed by atoms with Gasteiger partial charge in [-0.1, -0.05) is 16.4 Å². The normalized spacial score (nSPS) is 16.3. The molecule has 1 saturated carbocycles. The van der Waals surface area contributed by atoms with Gasteiger partial charge in [-0.3, -0.25) is 9.51 Å². The number of nitrogens with zero attached hydrogens (tertiary/aromatic N) is 3. The molecule has 10 heteroatoms. The molecule has 4 aromatic rings. The highest BCUT2D eigenvalue weighted by atomic mass is 19.1. The Bertz CT molecular complexity index is 1430. The van der Waals surface area contributed by atoms with Crippen LogP contribution in [0.15, 0.2) is 56.3 Å². The lowest BCUT2D eigenvalue weighted by Crippen LogP contribution is -2.37. The van der Waals surface area contributed by atoms with Crippen LogP contribution in [-0.4, -0.2) is 41.6 Å². The van der Waals surface area contributed by atoms with Crippen molar-refractivity contribution in [2.75, 3.05) is 25.1 Å². The number of nitrogens with one attached hydrogen (secondary N) is 1. The van der Waals surface area contributed by atoms with E-state index in [9.17, 15) is 9.18 Å². The molecule has 1 aliphatic carbocycles. The fourth-order valence-corrected chi connectivity index (χ4v) is 4.89. The second kappa shape index (κ2) is 9.85. The van der Waals surface area contributed by atoms with Crippen molar-refractivity contribution in [2.45, 2.75) is 44.3 Å². The number of hydrogen-bond donors (Lipinski definition) is 1. The van der Waals surface area contributed by atoms with Crippen molar-refractivity contribution in [3.8, 4) is 28.4 Å². The van der Waals surface area contributed by atoms with Gasteiger partial charge in [0.25, 0.3) is 0 Å². The maximum Gasteiger partial charge on any atom is 0.439 e. The van der Waals surface area contributed by atoms with E-state index >= 15 is 0 Å². The molecule has 3 heterocycles. The summed E-state index contributed by atoms with van der Waals surface area (Å²) >= 11 is 0. The van der Waals surface area contributed by atoms with Gasteiger partial charge in [0.15, 0.2) is 5.82 Å². The molecule has 0 radical (unpaired) electrons. The van der Waals surface area contributed by atoms with Crippen LogP contribution < -0.4 is 15.4 Å². The van der Waals surface area contributed by atoms with Gasteiger partial charge < -0.3 is 18.9 Å². The molecule has 37 heavy (non-hydrogen) atoms. The van der Waals surface area contributed by atoms with Crippen molar-refractivity contribution in [1.29, 1.82) is 0 Å². The predicted octanol–water partition coefficient (Wildman–Crippen LogP) is 4.90. The van der Waals surface area contributed by atoms with Gasteiger partial charge in [0.1, 0.15) is 23.0 Å². The lowest BCUT2D eigenvalue weighted by Gasteiger charge is -2.33. The molecule has 0 unspecified atom stereocenters. The summed E-state index contributed by atoms with van der Waals surface area (Å²) in [6.07, 6.45) is 3.88. The van der Waals surface area contributed by atoms with Gasteiger partial charge in [0.05, 0.1) is 25.4 Å². The molecule has 0 bridgehead atoms. The van der Waals surface area contributed by atoms with Gasteiger partial charge in [0.2, 0.25) is 0 Å². The molecule has 1 saturated heterocycles. The summed E-state index contributed by atoms with van der Waals surface area (Å²) in [5.41, 5.74) is 3.47. The van der Waals surface area contributed by atoms with E-state index in [-0.39, 0.29) is 6.10 Å². The summed E-state index contributed by atoms with van der Waals surface area (Å²) in [5.74, 6) is 0.979. The van der Waals surface area contributed by atoms with E-state index in [2.05, 4.69) is 24.7 Å². The Labute approximate surface area is 212 Å². The zero-order valence-corrected chi connectivity index (χ0v) is 20.4. The van der Waals surface area contributed by atoms with E-state index in [0.717, 1.165) is 61.3 Å².